The number of aromatic nitrogens is 2. The monoisotopic (exact) mass is 230 g/mol. The lowest BCUT2D eigenvalue weighted by Gasteiger charge is -2.07. The van der Waals surface area contributed by atoms with E-state index < -0.39 is 5.97 Å². The van der Waals surface area contributed by atoms with Gasteiger partial charge in [-0.15, -0.1) is 0 Å². The molecule has 0 spiro atoms. The van der Waals surface area contributed by atoms with Crippen molar-refractivity contribution in [3.8, 4) is 5.75 Å². The Morgan fingerprint density at radius 2 is 1.88 bits per heavy atom. The van der Waals surface area contributed by atoms with Gasteiger partial charge >= 0.3 is 5.97 Å². The van der Waals surface area contributed by atoms with Crippen molar-refractivity contribution in [3.05, 3.63) is 53.9 Å². The smallest absolute Gasteiger partial charge is 0.337 e. The molecule has 17 heavy (non-hydrogen) atoms. The summed E-state index contributed by atoms with van der Waals surface area (Å²) in [5.41, 5.74) is 0.604. The first kappa shape index (κ1) is 11.1. The van der Waals surface area contributed by atoms with Crippen molar-refractivity contribution in [1.82, 2.24) is 10.2 Å². The van der Waals surface area contributed by atoms with Gasteiger partial charge in [0, 0.05) is 5.56 Å². The van der Waals surface area contributed by atoms with Crippen LogP contribution in [-0.4, -0.2) is 21.3 Å². The largest absolute Gasteiger partial charge is 0.489 e. The van der Waals surface area contributed by atoms with E-state index in [1.165, 1.54) is 12.4 Å². The number of carboxylic acids is 1. The number of benzene rings is 1. The highest BCUT2D eigenvalue weighted by Crippen LogP contribution is 2.13. The summed E-state index contributed by atoms with van der Waals surface area (Å²) in [5, 5.41) is 16.1. The summed E-state index contributed by atoms with van der Waals surface area (Å²) in [4.78, 5) is 10.9. The highest BCUT2D eigenvalue weighted by molar-refractivity contribution is 5.88. The first-order valence-corrected chi connectivity index (χ1v) is 4.98. The molecule has 0 saturated heterocycles. The SMILES string of the molecule is O=C(O)c1cnncc1COc1ccccc1. The summed E-state index contributed by atoms with van der Waals surface area (Å²) in [6.07, 6.45) is 2.61. The molecule has 0 amide bonds. The average Bonchev–Trinajstić information content (AvgIpc) is 2.38. The Kier molecular flexibility index (Phi) is 3.30. The summed E-state index contributed by atoms with van der Waals surface area (Å²) < 4.78 is 5.45. The van der Waals surface area contributed by atoms with Crippen LogP contribution in [0.2, 0.25) is 0 Å². The Morgan fingerprint density at radius 1 is 1.18 bits per heavy atom. The van der Waals surface area contributed by atoms with Crippen molar-refractivity contribution in [2.45, 2.75) is 6.61 Å². The second-order valence-electron chi connectivity index (χ2n) is 3.33. The molecule has 0 fully saturated rings. The van der Waals surface area contributed by atoms with Crippen molar-refractivity contribution >= 4 is 5.97 Å². The van der Waals surface area contributed by atoms with Crippen LogP contribution >= 0.6 is 0 Å². The minimum Gasteiger partial charge on any atom is -0.489 e. The number of hydrogen-bond donors (Lipinski definition) is 1. The minimum atomic E-state index is -1.04. The maximum absolute atomic E-state index is 10.9. The van der Waals surface area contributed by atoms with Gasteiger partial charge in [0.25, 0.3) is 0 Å². The van der Waals surface area contributed by atoms with Crippen LogP contribution in [0.3, 0.4) is 0 Å². The molecule has 0 bridgehead atoms. The Balaban J connectivity index is 2.12. The molecule has 0 aliphatic rings. The fourth-order valence-corrected chi connectivity index (χ4v) is 1.33. The summed E-state index contributed by atoms with van der Waals surface area (Å²) >= 11 is 0. The fourth-order valence-electron chi connectivity index (χ4n) is 1.33. The highest BCUT2D eigenvalue weighted by atomic mass is 16.5. The van der Waals surface area contributed by atoms with E-state index in [4.69, 9.17) is 9.84 Å². The van der Waals surface area contributed by atoms with Crippen molar-refractivity contribution in [2.24, 2.45) is 0 Å². The molecule has 1 N–H and O–H groups in total. The summed E-state index contributed by atoms with van der Waals surface area (Å²) in [7, 11) is 0. The van der Waals surface area contributed by atoms with E-state index in [2.05, 4.69) is 10.2 Å². The molecule has 1 aromatic carbocycles. The molecule has 0 saturated carbocycles. The molecule has 1 aromatic heterocycles. The number of ether oxygens (including phenoxy) is 1. The quantitative estimate of drug-likeness (QED) is 0.866. The first-order valence-electron chi connectivity index (χ1n) is 4.98. The minimum absolute atomic E-state index is 0.107. The van der Waals surface area contributed by atoms with Gasteiger partial charge in [-0.3, -0.25) is 0 Å². The van der Waals surface area contributed by atoms with Gasteiger partial charge in [0.2, 0.25) is 0 Å². The zero-order valence-corrected chi connectivity index (χ0v) is 8.91. The predicted octanol–water partition coefficient (Wildman–Crippen LogP) is 1.75. The van der Waals surface area contributed by atoms with E-state index in [0.717, 1.165) is 0 Å². The normalized spacial score (nSPS) is 9.88. The zero-order chi connectivity index (χ0) is 12.1. The van der Waals surface area contributed by atoms with Crippen molar-refractivity contribution in [2.75, 3.05) is 0 Å². The van der Waals surface area contributed by atoms with Gasteiger partial charge < -0.3 is 9.84 Å². The molecule has 5 nitrogen and oxygen atoms in total. The lowest BCUT2D eigenvalue weighted by atomic mass is 10.2. The topological polar surface area (TPSA) is 72.3 Å². The van der Waals surface area contributed by atoms with Gasteiger partial charge in [-0.1, -0.05) is 18.2 Å². The molecular formula is C12H10N2O3. The van der Waals surface area contributed by atoms with Gasteiger partial charge in [0.1, 0.15) is 12.4 Å². The molecule has 2 rings (SSSR count). The Morgan fingerprint density at radius 3 is 2.59 bits per heavy atom. The van der Waals surface area contributed by atoms with Crippen LogP contribution in [0.4, 0.5) is 0 Å². The molecule has 1 heterocycles. The van der Waals surface area contributed by atoms with Crippen LogP contribution in [0, 0.1) is 0 Å². The molecule has 5 heteroatoms. The summed E-state index contributed by atoms with van der Waals surface area (Å²) in [5.74, 6) is -0.354. The maximum atomic E-state index is 10.9. The lowest BCUT2D eigenvalue weighted by Crippen LogP contribution is -2.07. The molecule has 86 valence electrons. The summed E-state index contributed by atoms with van der Waals surface area (Å²) in [6, 6.07) is 9.17. The lowest BCUT2D eigenvalue weighted by molar-refractivity contribution is 0.0693. The number of nitrogens with zero attached hydrogens (tertiary/aromatic N) is 2. The van der Waals surface area contributed by atoms with Gasteiger partial charge in [-0.05, 0) is 12.1 Å². The van der Waals surface area contributed by atoms with E-state index in [9.17, 15) is 4.79 Å². The third-order valence-corrected chi connectivity index (χ3v) is 2.18. The third-order valence-electron chi connectivity index (χ3n) is 2.18. The number of para-hydroxylation sites is 1. The van der Waals surface area contributed by atoms with Crippen LogP contribution in [0.25, 0.3) is 0 Å². The second-order valence-corrected chi connectivity index (χ2v) is 3.33. The van der Waals surface area contributed by atoms with Crippen LogP contribution in [0.5, 0.6) is 5.75 Å². The summed E-state index contributed by atoms with van der Waals surface area (Å²) in [6.45, 7) is 0.154. The fraction of sp³-hybridized carbons (Fsp3) is 0.0833. The molecular weight excluding hydrogens is 220 g/mol. The van der Waals surface area contributed by atoms with E-state index in [0.29, 0.717) is 11.3 Å². The zero-order valence-electron chi connectivity index (χ0n) is 8.91. The van der Waals surface area contributed by atoms with E-state index >= 15 is 0 Å². The standard InChI is InChI=1S/C12H10N2O3/c15-12(16)11-7-14-13-6-9(11)8-17-10-4-2-1-3-5-10/h1-7H,8H2,(H,15,16). The van der Waals surface area contributed by atoms with Crippen LogP contribution < -0.4 is 4.74 Å². The van der Waals surface area contributed by atoms with Gasteiger partial charge in [-0.2, -0.15) is 10.2 Å². The van der Waals surface area contributed by atoms with E-state index in [1.54, 1.807) is 12.1 Å². The molecule has 0 aliphatic heterocycles. The number of aromatic carboxylic acids is 1. The third kappa shape index (κ3) is 2.78. The Labute approximate surface area is 97.7 Å². The van der Waals surface area contributed by atoms with Crippen molar-refractivity contribution in [3.63, 3.8) is 0 Å². The van der Waals surface area contributed by atoms with Crippen LogP contribution in [0.15, 0.2) is 42.7 Å². The van der Waals surface area contributed by atoms with Gasteiger partial charge in [0.05, 0.1) is 18.0 Å². The molecule has 0 radical (unpaired) electrons. The molecule has 2 aromatic rings. The molecule has 0 atom stereocenters. The van der Waals surface area contributed by atoms with Crippen LogP contribution in [0.1, 0.15) is 15.9 Å². The Bertz CT molecular complexity index is 514. The highest BCUT2D eigenvalue weighted by Gasteiger charge is 2.10. The van der Waals surface area contributed by atoms with Crippen LogP contribution in [-0.2, 0) is 6.61 Å². The van der Waals surface area contributed by atoms with Crippen molar-refractivity contribution in [1.29, 1.82) is 0 Å². The number of carbonyl (C=O) groups is 1. The van der Waals surface area contributed by atoms with Gasteiger partial charge in [-0.25, -0.2) is 4.79 Å². The van der Waals surface area contributed by atoms with Gasteiger partial charge in [0.15, 0.2) is 0 Å². The first-order chi connectivity index (χ1) is 8.27. The average molecular weight is 230 g/mol. The molecule has 0 aliphatic carbocycles. The number of carboxylic acid groups (broad SMARTS) is 1. The van der Waals surface area contributed by atoms with E-state index in [-0.39, 0.29) is 12.2 Å². The van der Waals surface area contributed by atoms with Crippen molar-refractivity contribution < 1.29 is 14.6 Å². The predicted molar refractivity (Wildman–Crippen MR) is 59.8 cm³/mol. The second kappa shape index (κ2) is 5.07. The number of rotatable bonds is 4. The van der Waals surface area contributed by atoms with E-state index in [1.807, 2.05) is 18.2 Å². The maximum Gasteiger partial charge on any atom is 0.337 e. The molecule has 0 unspecified atom stereocenters. The Hall–Kier alpha value is -2.43. The number of hydrogen-bond acceptors (Lipinski definition) is 4.